The van der Waals surface area contributed by atoms with E-state index < -0.39 is 0 Å². The first kappa shape index (κ1) is 13.8. The summed E-state index contributed by atoms with van der Waals surface area (Å²) < 4.78 is 0. The van der Waals surface area contributed by atoms with Gasteiger partial charge < -0.3 is 22.3 Å². The molecule has 3 aromatic rings. The standard InChI is InChI=1S/C17H16N4O/c18-11-5-3-4-10(8-11)13-9-14(21-17(20)16(13)19)12-6-1-2-7-15(12)22/h1-9,22H,18-19H2,(H2,20,21). The van der Waals surface area contributed by atoms with Gasteiger partial charge in [-0.1, -0.05) is 24.3 Å². The van der Waals surface area contributed by atoms with Gasteiger partial charge in [-0.3, -0.25) is 0 Å². The van der Waals surface area contributed by atoms with Crippen molar-refractivity contribution in [3.05, 3.63) is 54.6 Å². The van der Waals surface area contributed by atoms with Crippen molar-refractivity contribution in [2.75, 3.05) is 17.2 Å². The molecule has 7 N–H and O–H groups in total. The minimum Gasteiger partial charge on any atom is -0.507 e. The molecule has 0 aliphatic rings. The Balaban J connectivity index is 2.22. The lowest BCUT2D eigenvalue weighted by atomic mass is 10.0. The number of nitrogen functional groups attached to an aromatic ring is 3. The van der Waals surface area contributed by atoms with Crippen LogP contribution < -0.4 is 17.2 Å². The summed E-state index contributed by atoms with van der Waals surface area (Å²) in [6, 6.07) is 16.1. The number of nitrogens with two attached hydrogens (primary N) is 3. The molecule has 0 atom stereocenters. The van der Waals surface area contributed by atoms with Crippen LogP contribution >= 0.6 is 0 Å². The van der Waals surface area contributed by atoms with E-state index in [0.29, 0.717) is 22.6 Å². The number of phenols is 1. The summed E-state index contributed by atoms with van der Waals surface area (Å²) in [7, 11) is 0. The Labute approximate surface area is 128 Å². The van der Waals surface area contributed by atoms with Gasteiger partial charge in [0.15, 0.2) is 0 Å². The lowest BCUT2D eigenvalue weighted by Crippen LogP contribution is -2.02. The van der Waals surface area contributed by atoms with Gasteiger partial charge in [-0.15, -0.1) is 0 Å². The Morgan fingerprint density at radius 1 is 0.818 bits per heavy atom. The summed E-state index contributed by atoms with van der Waals surface area (Å²) in [4.78, 5) is 4.27. The number of rotatable bonds is 2. The zero-order valence-electron chi connectivity index (χ0n) is 11.8. The fourth-order valence-electron chi connectivity index (χ4n) is 2.35. The number of aromatic hydroxyl groups is 1. The predicted octanol–water partition coefficient (Wildman–Crippen LogP) is 2.87. The van der Waals surface area contributed by atoms with Crippen molar-refractivity contribution in [1.29, 1.82) is 0 Å². The van der Waals surface area contributed by atoms with Gasteiger partial charge in [0.25, 0.3) is 0 Å². The number of benzene rings is 2. The molecule has 0 fully saturated rings. The highest BCUT2D eigenvalue weighted by Crippen LogP contribution is 2.36. The van der Waals surface area contributed by atoms with Crippen molar-refractivity contribution in [3.8, 4) is 28.1 Å². The second-order valence-corrected chi connectivity index (χ2v) is 5.00. The van der Waals surface area contributed by atoms with Crippen LogP contribution in [0, 0.1) is 0 Å². The predicted molar refractivity (Wildman–Crippen MR) is 90.0 cm³/mol. The number of anilines is 3. The van der Waals surface area contributed by atoms with E-state index in [4.69, 9.17) is 17.2 Å². The molecule has 0 unspecified atom stereocenters. The van der Waals surface area contributed by atoms with E-state index in [-0.39, 0.29) is 11.6 Å². The fraction of sp³-hybridized carbons (Fsp3) is 0. The number of nitrogens with zero attached hydrogens (tertiary/aromatic N) is 1. The maximum Gasteiger partial charge on any atom is 0.147 e. The number of para-hydroxylation sites is 1. The quantitative estimate of drug-likeness (QED) is 0.543. The van der Waals surface area contributed by atoms with Crippen molar-refractivity contribution < 1.29 is 5.11 Å². The molecule has 1 heterocycles. The van der Waals surface area contributed by atoms with E-state index >= 15 is 0 Å². The van der Waals surface area contributed by atoms with Crippen molar-refractivity contribution in [2.45, 2.75) is 0 Å². The third-order valence-electron chi connectivity index (χ3n) is 3.47. The van der Waals surface area contributed by atoms with E-state index in [9.17, 15) is 5.11 Å². The van der Waals surface area contributed by atoms with Crippen molar-refractivity contribution in [2.24, 2.45) is 0 Å². The van der Waals surface area contributed by atoms with Crippen LogP contribution in [0.25, 0.3) is 22.4 Å². The summed E-state index contributed by atoms with van der Waals surface area (Å²) in [5, 5.41) is 10.00. The molecule has 0 saturated carbocycles. The topological polar surface area (TPSA) is 111 Å². The molecule has 2 aromatic carbocycles. The fourth-order valence-corrected chi connectivity index (χ4v) is 2.35. The average Bonchev–Trinajstić information content (AvgIpc) is 2.50. The first-order valence-corrected chi connectivity index (χ1v) is 6.76. The molecule has 22 heavy (non-hydrogen) atoms. The monoisotopic (exact) mass is 292 g/mol. The van der Waals surface area contributed by atoms with Crippen LogP contribution in [0.3, 0.4) is 0 Å². The summed E-state index contributed by atoms with van der Waals surface area (Å²) in [5.41, 5.74) is 21.6. The molecule has 110 valence electrons. The molecule has 5 nitrogen and oxygen atoms in total. The van der Waals surface area contributed by atoms with Crippen LogP contribution in [-0.4, -0.2) is 10.1 Å². The normalized spacial score (nSPS) is 10.5. The van der Waals surface area contributed by atoms with Gasteiger partial charge in [0.1, 0.15) is 11.6 Å². The molecule has 0 bridgehead atoms. The Morgan fingerprint density at radius 3 is 2.32 bits per heavy atom. The summed E-state index contributed by atoms with van der Waals surface area (Å²) >= 11 is 0. The molecule has 0 spiro atoms. The Morgan fingerprint density at radius 2 is 1.59 bits per heavy atom. The lowest BCUT2D eigenvalue weighted by Gasteiger charge is -2.12. The molecule has 3 rings (SSSR count). The van der Waals surface area contributed by atoms with Gasteiger partial charge in [0, 0.05) is 16.8 Å². The molecule has 0 saturated heterocycles. The molecular formula is C17H16N4O. The zero-order chi connectivity index (χ0) is 15.7. The molecule has 5 heteroatoms. The highest BCUT2D eigenvalue weighted by Gasteiger charge is 2.13. The number of pyridine rings is 1. The Kier molecular flexibility index (Phi) is 3.31. The molecule has 0 aliphatic heterocycles. The first-order chi connectivity index (χ1) is 10.6. The molecule has 1 aromatic heterocycles. The van der Waals surface area contributed by atoms with Gasteiger partial charge in [-0.25, -0.2) is 4.98 Å². The van der Waals surface area contributed by atoms with Crippen LogP contribution in [0.2, 0.25) is 0 Å². The lowest BCUT2D eigenvalue weighted by molar-refractivity contribution is 0.477. The van der Waals surface area contributed by atoms with E-state index in [1.807, 2.05) is 24.3 Å². The van der Waals surface area contributed by atoms with E-state index in [1.54, 1.807) is 30.3 Å². The largest absolute Gasteiger partial charge is 0.507 e. The van der Waals surface area contributed by atoms with Crippen LogP contribution in [0.1, 0.15) is 0 Å². The Bertz CT molecular complexity index is 846. The van der Waals surface area contributed by atoms with E-state index in [0.717, 1.165) is 11.1 Å². The summed E-state index contributed by atoms with van der Waals surface area (Å²) in [5.74, 6) is 0.357. The van der Waals surface area contributed by atoms with Crippen molar-refractivity contribution in [3.63, 3.8) is 0 Å². The van der Waals surface area contributed by atoms with Gasteiger partial charge in [0.05, 0.1) is 11.4 Å². The molecule has 0 radical (unpaired) electrons. The van der Waals surface area contributed by atoms with Crippen molar-refractivity contribution >= 4 is 17.2 Å². The van der Waals surface area contributed by atoms with Gasteiger partial charge >= 0.3 is 0 Å². The van der Waals surface area contributed by atoms with Crippen LogP contribution in [0.4, 0.5) is 17.2 Å². The third-order valence-corrected chi connectivity index (χ3v) is 3.47. The van der Waals surface area contributed by atoms with Crippen LogP contribution in [0.5, 0.6) is 5.75 Å². The average molecular weight is 292 g/mol. The van der Waals surface area contributed by atoms with E-state index in [1.165, 1.54) is 0 Å². The third kappa shape index (κ3) is 2.40. The van der Waals surface area contributed by atoms with Crippen LogP contribution in [-0.2, 0) is 0 Å². The van der Waals surface area contributed by atoms with Gasteiger partial charge in [-0.2, -0.15) is 0 Å². The minimum absolute atomic E-state index is 0.137. The summed E-state index contributed by atoms with van der Waals surface area (Å²) in [6.45, 7) is 0. The smallest absolute Gasteiger partial charge is 0.147 e. The molecule has 0 amide bonds. The van der Waals surface area contributed by atoms with Crippen LogP contribution in [0.15, 0.2) is 54.6 Å². The SMILES string of the molecule is Nc1cccc(-c2cc(-c3ccccc3O)nc(N)c2N)c1. The maximum absolute atomic E-state index is 10.00. The van der Waals surface area contributed by atoms with E-state index in [2.05, 4.69) is 4.98 Å². The zero-order valence-corrected chi connectivity index (χ0v) is 11.8. The second-order valence-electron chi connectivity index (χ2n) is 5.00. The summed E-state index contributed by atoms with van der Waals surface area (Å²) in [6.07, 6.45) is 0. The maximum atomic E-state index is 10.00. The number of hydrogen-bond donors (Lipinski definition) is 4. The minimum atomic E-state index is 0.137. The molecule has 0 aliphatic carbocycles. The second kappa shape index (κ2) is 5.29. The molecular weight excluding hydrogens is 276 g/mol. The Hall–Kier alpha value is -3.21. The highest BCUT2D eigenvalue weighted by molar-refractivity contribution is 5.87. The number of hydrogen-bond acceptors (Lipinski definition) is 5. The van der Waals surface area contributed by atoms with Gasteiger partial charge in [-0.05, 0) is 35.9 Å². The number of phenolic OH excluding ortho intramolecular Hbond substituents is 1. The highest BCUT2D eigenvalue weighted by atomic mass is 16.3. The van der Waals surface area contributed by atoms with Crippen molar-refractivity contribution in [1.82, 2.24) is 4.98 Å². The first-order valence-electron chi connectivity index (χ1n) is 6.76. The number of aromatic nitrogens is 1. The van der Waals surface area contributed by atoms with Gasteiger partial charge in [0.2, 0.25) is 0 Å².